The summed E-state index contributed by atoms with van der Waals surface area (Å²) in [5.41, 5.74) is 0.533. The van der Waals surface area contributed by atoms with Gasteiger partial charge < -0.3 is 0 Å². The number of sulfonamides is 1. The second kappa shape index (κ2) is 5.64. The van der Waals surface area contributed by atoms with E-state index in [1.165, 1.54) is 30.3 Å². The van der Waals surface area contributed by atoms with E-state index in [1.54, 1.807) is 6.07 Å². The van der Waals surface area contributed by atoms with E-state index in [1.807, 2.05) is 0 Å². The fraction of sp³-hybridized carbons (Fsp3) is 0.0833. The SMILES string of the molecule is O=S(=O)(NCc1cccc(F)c1)c1ccc(Cl)nc1. The summed E-state index contributed by atoms with van der Waals surface area (Å²) in [6.45, 7) is 0.00270. The van der Waals surface area contributed by atoms with Crippen molar-refractivity contribution in [2.24, 2.45) is 0 Å². The van der Waals surface area contributed by atoms with Gasteiger partial charge in [0.25, 0.3) is 0 Å². The Morgan fingerprint density at radius 1 is 1.26 bits per heavy atom. The molecule has 19 heavy (non-hydrogen) atoms. The van der Waals surface area contributed by atoms with Gasteiger partial charge in [-0.1, -0.05) is 23.7 Å². The molecular weight excluding hydrogens is 291 g/mol. The van der Waals surface area contributed by atoms with Crippen LogP contribution in [0.25, 0.3) is 0 Å². The van der Waals surface area contributed by atoms with Crippen LogP contribution in [0, 0.1) is 5.82 Å². The molecule has 0 aliphatic heterocycles. The molecule has 1 aromatic carbocycles. The third-order valence-corrected chi connectivity index (χ3v) is 3.98. The summed E-state index contributed by atoms with van der Waals surface area (Å²) in [6, 6.07) is 8.44. The number of hydrogen-bond acceptors (Lipinski definition) is 3. The maximum atomic E-state index is 13.0. The first-order chi connectivity index (χ1) is 8.97. The van der Waals surface area contributed by atoms with Crippen LogP contribution in [0.2, 0.25) is 5.15 Å². The molecule has 1 N–H and O–H groups in total. The molecule has 1 heterocycles. The molecule has 100 valence electrons. The van der Waals surface area contributed by atoms with Crippen LogP contribution in [0.3, 0.4) is 0 Å². The second-order valence-electron chi connectivity index (χ2n) is 3.77. The van der Waals surface area contributed by atoms with Crippen LogP contribution >= 0.6 is 11.6 Å². The maximum Gasteiger partial charge on any atom is 0.242 e. The van der Waals surface area contributed by atoms with Crippen molar-refractivity contribution in [1.82, 2.24) is 9.71 Å². The molecular formula is C12H10ClFN2O2S. The summed E-state index contributed by atoms with van der Waals surface area (Å²) in [6.07, 6.45) is 1.16. The highest BCUT2D eigenvalue weighted by atomic mass is 35.5. The second-order valence-corrected chi connectivity index (χ2v) is 5.93. The van der Waals surface area contributed by atoms with Gasteiger partial charge in [-0.3, -0.25) is 0 Å². The van der Waals surface area contributed by atoms with Crippen LogP contribution in [-0.2, 0) is 16.6 Å². The highest BCUT2D eigenvalue weighted by Gasteiger charge is 2.14. The molecule has 4 nitrogen and oxygen atoms in total. The number of rotatable bonds is 4. The lowest BCUT2D eigenvalue weighted by Gasteiger charge is -2.06. The van der Waals surface area contributed by atoms with Gasteiger partial charge in [0.1, 0.15) is 15.9 Å². The summed E-state index contributed by atoms with van der Waals surface area (Å²) >= 11 is 5.58. The van der Waals surface area contributed by atoms with E-state index in [4.69, 9.17) is 11.6 Å². The van der Waals surface area contributed by atoms with Crippen molar-refractivity contribution in [2.45, 2.75) is 11.4 Å². The standard InChI is InChI=1S/C12H10ClFN2O2S/c13-12-5-4-11(8-15-12)19(17,18)16-7-9-2-1-3-10(14)6-9/h1-6,8,16H,7H2. The minimum Gasteiger partial charge on any atom is -0.243 e. The Bertz CT molecular complexity index is 674. The van der Waals surface area contributed by atoms with E-state index in [0.29, 0.717) is 5.56 Å². The molecule has 7 heteroatoms. The number of pyridine rings is 1. The van der Waals surface area contributed by atoms with Crippen molar-refractivity contribution in [3.05, 3.63) is 59.1 Å². The monoisotopic (exact) mass is 300 g/mol. The van der Waals surface area contributed by atoms with Gasteiger partial charge in [0, 0.05) is 12.7 Å². The lowest BCUT2D eigenvalue weighted by Crippen LogP contribution is -2.23. The van der Waals surface area contributed by atoms with Crippen molar-refractivity contribution in [2.75, 3.05) is 0 Å². The molecule has 0 amide bonds. The average molecular weight is 301 g/mol. The molecule has 2 rings (SSSR count). The molecule has 0 radical (unpaired) electrons. The molecule has 0 aliphatic carbocycles. The summed E-state index contributed by atoms with van der Waals surface area (Å²) in [5, 5.41) is 0.212. The highest BCUT2D eigenvalue weighted by molar-refractivity contribution is 7.89. The molecule has 0 saturated heterocycles. The lowest BCUT2D eigenvalue weighted by atomic mass is 10.2. The zero-order chi connectivity index (χ0) is 13.9. The third kappa shape index (κ3) is 3.73. The van der Waals surface area contributed by atoms with E-state index in [9.17, 15) is 12.8 Å². The van der Waals surface area contributed by atoms with Gasteiger partial charge in [-0.2, -0.15) is 0 Å². The average Bonchev–Trinajstić information content (AvgIpc) is 2.37. The minimum atomic E-state index is -3.68. The normalized spacial score (nSPS) is 11.5. The first-order valence-corrected chi connectivity index (χ1v) is 7.19. The molecule has 0 bridgehead atoms. The van der Waals surface area contributed by atoms with Crippen LogP contribution in [0.5, 0.6) is 0 Å². The highest BCUT2D eigenvalue weighted by Crippen LogP contribution is 2.11. The van der Waals surface area contributed by atoms with Gasteiger partial charge in [0.05, 0.1) is 0 Å². The molecule has 0 fully saturated rings. The molecule has 0 atom stereocenters. The van der Waals surface area contributed by atoms with Gasteiger partial charge in [0.15, 0.2) is 0 Å². The fourth-order valence-electron chi connectivity index (χ4n) is 1.43. The van der Waals surface area contributed by atoms with Crippen molar-refractivity contribution in [3.63, 3.8) is 0 Å². The molecule has 0 saturated carbocycles. The fourth-order valence-corrected chi connectivity index (χ4v) is 2.50. The topological polar surface area (TPSA) is 59.1 Å². The van der Waals surface area contributed by atoms with Crippen LogP contribution < -0.4 is 4.72 Å². The van der Waals surface area contributed by atoms with Crippen LogP contribution in [0.1, 0.15) is 5.56 Å². The quantitative estimate of drug-likeness (QED) is 0.882. The Kier molecular flexibility index (Phi) is 4.14. The number of benzene rings is 1. The molecule has 0 aliphatic rings. The first-order valence-electron chi connectivity index (χ1n) is 5.33. The molecule has 1 aromatic heterocycles. The van der Waals surface area contributed by atoms with E-state index in [-0.39, 0.29) is 16.6 Å². The number of halogens is 2. The molecule has 0 unspecified atom stereocenters. The molecule has 0 spiro atoms. The van der Waals surface area contributed by atoms with Crippen molar-refractivity contribution in [3.8, 4) is 0 Å². The number of nitrogens with one attached hydrogen (secondary N) is 1. The van der Waals surface area contributed by atoms with Gasteiger partial charge >= 0.3 is 0 Å². The predicted molar refractivity (Wildman–Crippen MR) is 69.7 cm³/mol. The van der Waals surface area contributed by atoms with Crippen molar-refractivity contribution < 1.29 is 12.8 Å². The Morgan fingerprint density at radius 3 is 2.68 bits per heavy atom. The van der Waals surface area contributed by atoms with E-state index in [2.05, 4.69) is 9.71 Å². The maximum absolute atomic E-state index is 13.0. The smallest absolute Gasteiger partial charge is 0.242 e. The first kappa shape index (κ1) is 13.9. The van der Waals surface area contributed by atoms with Gasteiger partial charge in [-0.05, 0) is 29.8 Å². The zero-order valence-corrected chi connectivity index (χ0v) is 11.2. The number of aromatic nitrogens is 1. The van der Waals surface area contributed by atoms with E-state index in [0.717, 1.165) is 6.20 Å². The number of hydrogen-bond donors (Lipinski definition) is 1. The van der Waals surface area contributed by atoms with E-state index < -0.39 is 15.8 Å². The van der Waals surface area contributed by atoms with Crippen LogP contribution in [0.4, 0.5) is 4.39 Å². The predicted octanol–water partition coefficient (Wildman–Crippen LogP) is 2.35. The van der Waals surface area contributed by atoms with E-state index >= 15 is 0 Å². The van der Waals surface area contributed by atoms with Gasteiger partial charge in [0.2, 0.25) is 10.0 Å². The minimum absolute atomic E-state index is 0.00270. The summed E-state index contributed by atoms with van der Waals surface area (Å²) in [5.74, 6) is -0.412. The Balaban J connectivity index is 2.12. The third-order valence-electron chi connectivity index (χ3n) is 2.37. The lowest BCUT2D eigenvalue weighted by molar-refractivity contribution is 0.580. The molecule has 2 aromatic rings. The Labute approximate surface area is 115 Å². The zero-order valence-electron chi connectivity index (χ0n) is 9.68. The summed E-state index contributed by atoms with van der Waals surface area (Å²) in [4.78, 5) is 3.71. The van der Waals surface area contributed by atoms with Gasteiger partial charge in [-0.15, -0.1) is 0 Å². The number of nitrogens with zero attached hydrogens (tertiary/aromatic N) is 1. The van der Waals surface area contributed by atoms with Crippen molar-refractivity contribution in [1.29, 1.82) is 0 Å². The van der Waals surface area contributed by atoms with Gasteiger partial charge in [-0.25, -0.2) is 22.5 Å². The Morgan fingerprint density at radius 2 is 2.05 bits per heavy atom. The van der Waals surface area contributed by atoms with Crippen LogP contribution in [0.15, 0.2) is 47.5 Å². The van der Waals surface area contributed by atoms with Crippen molar-refractivity contribution >= 4 is 21.6 Å². The van der Waals surface area contributed by atoms with Crippen LogP contribution in [-0.4, -0.2) is 13.4 Å². The largest absolute Gasteiger partial charge is 0.243 e. The Hall–Kier alpha value is -1.50. The summed E-state index contributed by atoms with van der Waals surface area (Å²) in [7, 11) is -3.68. The summed E-state index contributed by atoms with van der Waals surface area (Å²) < 4.78 is 39.1.